The van der Waals surface area contributed by atoms with Crippen molar-refractivity contribution in [2.24, 2.45) is 5.18 Å². The van der Waals surface area contributed by atoms with Gasteiger partial charge < -0.3 is 18.9 Å². The highest BCUT2D eigenvalue weighted by Crippen LogP contribution is 1.87. The van der Waals surface area contributed by atoms with E-state index in [-0.39, 0.29) is 13.0 Å². The Morgan fingerprint density at radius 1 is 0.833 bits per heavy atom. The van der Waals surface area contributed by atoms with Gasteiger partial charge in [0.25, 0.3) is 5.91 Å². The number of ether oxygens (including phenoxy) is 4. The summed E-state index contributed by atoms with van der Waals surface area (Å²) in [5.74, 6) is -0.696. The number of rotatable bonds is 13. The summed E-state index contributed by atoms with van der Waals surface area (Å²) >= 11 is 0. The standard InChI is InChI=1S/C11H21NO6/c1-2-15-5-6-17-9-10-18-8-7-16-4-3-11(13)12-14/h2-10H2,1H3. The van der Waals surface area contributed by atoms with Crippen LogP contribution in [0.2, 0.25) is 0 Å². The van der Waals surface area contributed by atoms with Crippen LogP contribution < -0.4 is 0 Å². The van der Waals surface area contributed by atoms with Gasteiger partial charge >= 0.3 is 0 Å². The van der Waals surface area contributed by atoms with Crippen molar-refractivity contribution < 1.29 is 23.7 Å². The first-order chi connectivity index (χ1) is 8.81. The largest absolute Gasteiger partial charge is 0.379 e. The van der Waals surface area contributed by atoms with Crippen LogP contribution in [0.3, 0.4) is 0 Å². The first kappa shape index (κ1) is 17.1. The van der Waals surface area contributed by atoms with Crippen LogP contribution in [-0.4, -0.2) is 58.8 Å². The number of carbonyl (C=O) groups is 1. The zero-order valence-corrected chi connectivity index (χ0v) is 10.8. The zero-order chi connectivity index (χ0) is 13.5. The van der Waals surface area contributed by atoms with E-state index in [0.29, 0.717) is 46.2 Å². The molecule has 0 aliphatic heterocycles. The van der Waals surface area contributed by atoms with Crippen molar-refractivity contribution in [3.05, 3.63) is 4.91 Å². The monoisotopic (exact) mass is 263 g/mol. The van der Waals surface area contributed by atoms with E-state index in [1.165, 1.54) is 0 Å². The fourth-order valence-corrected chi connectivity index (χ4v) is 1.01. The molecule has 0 rings (SSSR count). The number of amides is 1. The lowest BCUT2D eigenvalue weighted by atomic mass is 10.4. The fraction of sp³-hybridized carbons (Fsp3) is 0.909. The second-order valence-corrected chi connectivity index (χ2v) is 3.27. The first-order valence-corrected chi connectivity index (χ1v) is 5.98. The summed E-state index contributed by atoms with van der Waals surface area (Å²) in [6, 6.07) is 0. The van der Waals surface area contributed by atoms with Crippen molar-refractivity contribution in [2.75, 3.05) is 52.9 Å². The van der Waals surface area contributed by atoms with E-state index in [0.717, 1.165) is 0 Å². The van der Waals surface area contributed by atoms with Crippen LogP contribution in [0.15, 0.2) is 5.18 Å². The highest BCUT2D eigenvalue weighted by atomic mass is 16.6. The zero-order valence-electron chi connectivity index (χ0n) is 10.8. The molecule has 106 valence electrons. The third-order valence-corrected chi connectivity index (χ3v) is 1.88. The lowest BCUT2D eigenvalue weighted by Crippen LogP contribution is -2.12. The summed E-state index contributed by atoms with van der Waals surface area (Å²) in [4.78, 5) is 20.2. The Hall–Kier alpha value is -0.890. The molecule has 1 amide bonds. The van der Waals surface area contributed by atoms with E-state index in [2.05, 4.69) is 5.18 Å². The van der Waals surface area contributed by atoms with Gasteiger partial charge in [-0.1, -0.05) is 0 Å². The quantitative estimate of drug-likeness (QED) is 0.360. The van der Waals surface area contributed by atoms with E-state index >= 15 is 0 Å². The smallest absolute Gasteiger partial charge is 0.288 e. The van der Waals surface area contributed by atoms with Crippen LogP contribution in [0, 0.1) is 4.91 Å². The minimum absolute atomic E-state index is 0.0179. The molecule has 0 heterocycles. The van der Waals surface area contributed by atoms with Crippen LogP contribution >= 0.6 is 0 Å². The molecule has 0 aromatic carbocycles. The molecule has 0 fully saturated rings. The maximum Gasteiger partial charge on any atom is 0.288 e. The fourth-order valence-electron chi connectivity index (χ4n) is 1.01. The predicted molar refractivity (Wildman–Crippen MR) is 64.4 cm³/mol. The number of nitroso groups, excluding NO2 is 1. The van der Waals surface area contributed by atoms with Crippen LogP contribution in [0.1, 0.15) is 13.3 Å². The van der Waals surface area contributed by atoms with Crippen molar-refractivity contribution >= 4 is 5.91 Å². The van der Waals surface area contributed by atoms with Crippen LogP contribution in [0.25, 0.3) is 0 Å². The van der Waals surface area contributed by atoms with Crippen molar-refractivity contribution in [3.8, 4) is 0 Å². The van der Waals surface area contributed by atoms with Gasteiger partial charge in [-0.2, -0.15) is 0 Å². The van der Waals surface area contributed by atoms with Crippen molar-refractivity contribution in [1.29, 1.82) is 0 Å². The van der Waals surface area contributed by atoms with Crippen LogP contribution in [0.5, 0.6) is 0 Å². The van der Waals surface area contributed by atoms with Gasteiger partial charge in [0.2, 0.25) is 0 Å². The number of carbonyl (C=O) groups excluding carboxylic acids is 1. The Morgan fingerprint density at radius 2 is 1.28 bits per heavy atom. The molecule has 0 saturated heterocycles. The number of nitrogens with zero attached hydrogens (tertiary/aromatic N) is 1. The molecule has 0 aliphatic carbocycles. The Kier molecular flexibility index (Phi) is 13.5. The van der Waals surface area contributed by atoms with Gasteiger partial charge in [0.05, 0.1) is 52.7 Å². The molecular formula is C11H21NO6. The topological polar surface area (TPSA) is 83.4 Å². The summed E-state index contributed by atoms with van der Waals surface area (Å²) in [7, 11) is 0. The molecule has 7 nitrogen and oxygen atoms in total. The number of hydrogen-bond acceptors (Lipinski definition) is 6. The van der Waals surface area contributed by atoms with Gasteiger partial charge in [0, 0.05) is 11.8 Å². The molecule has 0 unspecified atom stereocenters. The van der Waals surface area contributed by atoms with E-state index < -0.39 is 5.91 Å². The van der Waals surface area contributed by atoms with Gasteiger partial charge in [-0.15, -0.1) is 4.91 Å². The van der Waals surface area contributed by atoms with Gasteiger partial charge in [0.1, 0.15) is 0 Å². The molecular weight excluding hydrogens is 242 g/mol. The lowest BCUT2D eigenvalue weighted by Gasteiger charge is -2.06. The molecule has 0 aliphatic rings. The maximum absolute atomic E-state index is 10.5. The summed E-state index contributed by atoms with van der Waals surface area (Å²) in [6.45, 7) is 5.79. The third-order valence-electron chi connectivity index (χ3n) is 1.88. The summed E-state index contributed by atoms with van der Waals surface area (Å²) < 4.78 is 20.6. The summed E-state index contributed by atoms with van der Waals surface area (Å²) in [5, 5.41) is 2.25. The van der Waals surface area contributed by atoms with Crippen molar-refractivity contribution in [2.45, 2.75) is 13.3 Å². The lowest BCUT2D eigenvalue weighted by molar-refractivity contribution is -0.119. The first-order valence-electron chi connectivity index (χ1n) is 5.98. The minimum atomic E-state index is -0.696. The molecule has 0 spiro atoms. The molecule has 0 aromatic rings. The molecule has 0 aromatic heterocycles. The molecule has 0 saturated carbocycles. The Morgan fingerprint density at radius 3 is 1.72 bits per heavy atom. The molecule has 0 atom stereocenters. The van der Waals surface area contributed by atoms with E-state index in [1.807, 2.05) is 6.92 Å². The Bertz CT molecular complexity index is 212. The number of hydrogen-bond donors (Lipinski definition) is 0. The summed E-state index contributed by atoms with van der Waals surface area (Å²) in [6.07, 6.45) is 0.0179. The maximum atomic E-state index is 10.5. The van der Waals surface area contributed by atoms with Crippen LogP contribution in [-0.2, 0) is 23.7 Å². The normalized spacial score (nSPS) is 10.5. The van der Waals surface area contributed by atoms with Gasteiger partial charge in [-0.25, -0.2) is 0 Å². The van der Waals surface area contributed by atoms with E-state index in [9.17, 15) is 9.70 Å². The highest BCUT2D eigenvalue weighted by molar-refractivity contribution is 5.76. The molecule has 7 heteroatoms. The van der Waals surface area contributed by atoms with Gasteiger partial charge in [-0.05, 0) is 6.92 Å². The van der Waals surface area contributed by atoms with Gasteiger partial charge in [-0.3, -0.25) is 4.79 Å². The Labute approximate surface area is 107 Å². The average molecular weight is 263 g/mol. The SMILES string of the molecule is CCOCCOCCOCCOCCC(=O)N=O. The predicted octanol–water partition coefficient (Wildman–Crippen LogP) is 0.756. The third kappa shape index (κ3) is 13.2. The second-order valence-electron chi connectivity index (χ2n) is 3.27. The van der Waals surface area contributed by atoms with E-state index in [4.69, 9.17) is 18.9 Å². The Balaban J connectivity index is 2.98. The minimum Gasteiger partial charge on any atom is -0.379 e. The molecule has 0 radical (unpaired) electrons. The van der Waals surface area contributed by atoms with Crippen molar-refractivity contribution in [1.82, 2.24) is 0 Å². The van der Waals surface area contributed by atoms with E-state index in [1.54, 1.807) is 0 Å². The van der Waals surface area contributed by atoms with Gasteiger partial charge in [0.15, 0.2) is 0 Å². The molecule has 0 N–H and O–H groups in total. The van der Waals surface area contributed by atoms with Crippen LogP contribution in [0.4, 0.5) is 0 Å². The van der Waals surface area contributed by atoms with Crippen molar-refractivity contribution in [3.63, 3.8) is 0 Å². The summed E-state index contributed by atoms with van der Waals surface area (Å²) in [5.41, 5.74) is 0. The molecule has 0 bridgehead atoms. The molecule has 18 heavy (non-hydrogen) atoms. The second kappa shape index (κ2) is 14.2. The highest BCUT2D eigenvalue weighted by Gasteiger charge is 1.99. The average Bonchev–Trinajstić information content (AvgIpc) is 2.39.